The molecule has 3 rings (SSSR count). The van der Waals surface area contributed by atoms with Crippen LogP contribution in [0.2, 0.25) is 0 Å². The first-order valence-electron chi connectivity index (χ1n) is 6.60. The quantitative estimate of drug-likeness (QED) is 0.507. The maximum absolute atomic E-state index is 9.06. The third-order valence-corrected chi connectivity index (χ3v) is 3.32. The smallest absolute Gasteiger partial charge is 0.423 e. The van der Waals surface area contributed by atoms with Gasteiger partial charge in [-0.1, -0.05) is 24.3 Å². The number of nitrogens with one attached hydrogen (secondary N) is 2. The first-order valence-corrected chi connectivity index (χ1v) is 6.60. The summed E-state index contributed by atoms with van der Waals surface area (Å²) in [7, 11) is -1.47. The van der Waals surface area contributed by atoms with Gasteiger partial charge < -0.3 is 20.3 Å². The predicted octanol–water partition coefficient (Wildman–Crippen LogP) is 0.121. The average molecular weight is 293 g/mol. The van der Waals surface area contributed by atoms with Crippen molar-refractivity contribution in [3.05, 3.63) is 47.9 Å². The zero-order valence-electron chi connectivity index (χ0n) is 11.5. The Morgan fingerprint density at radius 2 is 2.00 bits per heavy atom. The third kappa shape index (κ3) is 2.63. The van der Waals surface area contributed by atoms with Gasteiger partial charge in [-0.2, -0.15) is 5.26 Å². The Balaban J connectivity index is 1.79. The van der Waals surface area contributed by atoms with E-state index in [1.165, 1.54) is 6.33 Å². The van der Waals surface area contributed by atoms with Crippen molar-refractivity contribution in [3.8, 4) is 6.07 Å². The first-order chi connectivity index (χ1) is 10.7. The second-order valence-corrected chi connectivity index (χ2v) is 4.73. The standard InChI is InChI=1S/C14H12BN5O2/c16-5-10-7-17-13-12(10)19-8-20-14(13)18-6-9-1-3-11(4-2-9)15(21)22/h1-4,7-8,17,21-22H,6H2,(H,18,19,20). The molecule has 0 amide bonds. The van der Waals surface area contributed by atoms with Crippen LogP contribution in [0.25, 0.3) is 11.0 Å². The summed E-state index contributed by atoms with van der Waals surface area (Å²) in [5, 5.41) is 30.3. The molecule has 2 aromatic heterocycles. The van der Waals surface area contributed by atoms with Crippen LogP contribution in [-0.2, 0) is 6.54 Å². The summed E-state index contributed by atoms with van der Waals surface area (Å²) < 4.78 is 0. The van der Waals surface area contributed by atoms with Gasteiger partial charge in [-0.25, -0.2) is 9.97 Å². The van der Waals surface area contributed by atoms with Crippen LogP contribution in [-0.4, -0.2) is 32.1 Å². The van der Waals surface area contributed by atoms with Crippen molar-refractivity contribution in [1.29, 1.82) is 5.26 Å². The van der Waals surface area contributed by atoms with E-state index < -0.39 is 7.12 Å². The number of anilines is 1. The predicted molar refractivity (Wildman–Crippen MR) is 82.2 cm³/mol. The average Bonchev–Trinajstić information content (AvgIpc) is 2.97. The van der Waals surface area contributed by atoms with Crippen LogP contribution in [0.1, 0.15) is 11.1 Å². The molecule has 0 radical (unpaired) electrons. The highest BCUT2D eigenvalue weighted by molar-refractivity contribution is 6.58. The van der Waals surface area contributed by atoms with Gasteiger partial charge in [0, 0.05) is 12.7 Å². The number of nitriles is 1. The fourth-order valence-electron chi connectivity index (χ4n) is 2.15. The minimum Gasteiger partial charge on any atom is -0.423 e. The number of hydrogen-bond donors (Lipinski definition) is 4. The molecular formula is C14H12BN5O2. The van der Waals surface area contributed by atoms with E-state index in [1.54, 1.807) is 30.5 Å². The second kappa shape index (κ2) is 5.85. The maximum Gasteiger partial charge on any atom is 0.488 e. The summed E-state index contributed by atoms with van der Waals surface area (Å²) >= 11 is 0. The number of fused-ring (bicyclic) bond motifs is 1. The zero-order valence-corrected chi connectivity index (χ0v) is 11.5. The number of rotatable bonds is 4. The molecule has 0 aliphatic heterocycles. The number of nitrogens with zero attached hydrogens (tertiary/aromatic N) is 3. The lowest BCUT2D eigenvalue weighted by Crippen LogP contribution is -2.29. The molecule has 0 spiro atoms. The molecule has 0 aliphatic rings. The van der Waals surface area contributed by atoms with E-state index in [4.69, 9.17) is 15.3 Å². The van der Waals surface area contributed by atoms with Crippen LogP contribution < -0.4 is 10.8 Å². The summed E-state index contributed by atoms with van der Waals surface area (Å²) in [6.07, 6.45) is 3.01. The minimum absolute atomic E-state index is 0.441. The van der Waals surface area contributed by atoms with Gasteiger partial charge in [0.25, 0.3) is 0 Å². The van der Waals surface area contributed by atoms with Crippen LogP contribution in [0.15, 0.2) is 36.8 Å². The highest BCUT2D eigenvalue weighted by Crippen LogP contribution is 2.20. The largest absolute Gasteiger partial charge is 0.488 e. The number of benzene rings is 1. The topological polar surface area (TPSA) is 118 Å². The molecule has 0 saturated heterocycles. The van der Waals surface area contributed by atoms with Crippen LogP contribution >= 0.6 is 0 Å². The highest BCUT2D eigenvalue weighted by atomic mass is 16.4. The van der Waals surface area contributed by atoms with E-state index in [2.05, 4.69) is 26.3 Å². The monoisotopic (exact) mass is 293 g/mol. The Kier molecular flexibility index (Phi) is 3.74. The molecule has 3 aromatic rings. The molecule has 4 N–H and O–H groups in total. The molecule has 0 fully saturated rings. The molecule has 0 unspecified atom stereocenters. The van der Waals surface area contributed by atoms with Crippen molar-refractivity contribution in [3.63, 3.8) is 0 Å². The molecule has 0 bridgehead atoms. The molecule has 7 nitrogen and oxygen atoms in total. The van der Waals surface area contributed by atoms with Gasteiger partial charge in [-0.05, 0) is 11.0 Å². The molecule has 0 aliphatic carbocycles. The molecule has 108 valence electrons. The number of hydrogen-bond acceptors (Lipinski definition) is 6. The second-order valence-electron chi connectivity index (χ2n) is 4.73. The lowest BCUT2D eigenvalue weighted by molar-refractivity contribution is 0.426. The van der Waals surface area contributed by atoms with Gasteiger partial charge >= 0.3 is 7.12 Å². The van der Waals surface area contributed by atoms with Crippen molar-refractivity contribution < 1.29 is 10.0 Å². The van der Waals surface area contributed by atoms with E-state index in [0.29, 0.717) is 34.4 Å². The fourth-order valence-corrected chi connectivity index (χ4v) is 2.15. The Hall–Kier alpha value is -2.89. The number of aromatic amines is 1. The van der Waals surface area contributed by atoms with Crippen LogP contribution in [0.4, 0.5) is 5.82 Å². The molecule has 22 heavy (non-hydrogen) atoms. The van der Waals surface area contributed by atoms with Crippen LogP contribution in [0, 0.1) is 11.3 Å². The summed E-state index contributed by atoms with van der Waals surface area (Å²) in [5.74, 6) is 0.609. The Morgan fingerprint density at radius 1 is 1.23 bits per heavy atom. The van der Waals surface area contributed by atoms with Crippen molar-refractivity contribution in [2.75, 3.05) is 5.32 Å². The lowest BCUT2D eigenvalue weighted by atomic mass is 9.80. The molecule has 0 atom stereocenters. The SMILES string of the molecule is N#Cc1c[nH]c2c(NCc3ccc(B(O)O)cc3)ncnc12. The van der Waals surface area contributed by atoms with Crippen LogP contribution in [0.3, 0.4) is 0 Å². The van der Waals surface area contributed by atoms with E-state index in [-0.39, 0.29) is 0 Å². The van der Waals surface area contributed by atoms with Gasteiger partial charge in [-0.15, -0.1) is 0 Å². The van der Waals surface area contributed by atoms with Gasteiger partial charge in [0.05, 0.1) is 5.56 Å². The zero-order chi connectivity index (χ0) is 15.5. The van der Waals surface area contributed by atoms with Crippen molar-refractivity contribution in [1.82, 2.24) is 15.0 Å². The minimum atomic E-state index is -1.47. The van der Waals surface area contributed by atoms with Gasteiger partial charge in [0.1, 0.15) is 23.4 Å². The lowest BCUT2D eigenvalue weighted by Gasteiger charge is -2.07. The Morgan fingerprint density at radius 3 is 2.68 bits per heavy atom. The normalized spacial score (nSPS) is 10.4. The summed E-state index contributed by atoms with van der Waals surface area (Å²) in [6.45, 7) is 0.509. The molecule has 8 heteroatoms. The number of aromatic nitrogens is 3. The Labute approximate surface area is 126 Å². The van der Waals surface area contributed by atoms with Gasteiger partial charge in [-0.3, -0.25) is 0 Å². The summed E-state index contributed by atoms with van der Waals surface area (Å²) in [4.78, 5) is 11.3. The number of H-pyrrole nitrogens is 1. The molecule has 0 saturated carbocycles. The third-order valence-electron chi connectivity index (χ3n) is 3.32. The molecule has 2 heterocycles. The van der Waals surface area contributed by atoms with Crippen molar-refractivity contribution in [2.45, 2.75) is 6.54 Å². The van der Waals surface area contributed by atoms with Crippen LogP contribution in [0.5, 0.6) is 0 Å². The van der Waals surface area contributed by atoms with E-state index in [9.17, 15) is 0 Å². The van der Waals surface area contributed by atoms with E-state index >= 15 is 0 Å². The van der Waals surface area contributed by atoms with Crippen molar-refractivity contribution in [2.24, 2.45) is 0 Å². The fraction of sp³-hybridized carbons (Fsp3) is 0.0714. The first kappa shape index (κ1) is 14.1. The van der Waals surface area contributed by atoms with E-state index in [0.717, 1.165) is 5.56 Å². The van der Waals surface area contributed by atoms with E-state index in [1.807, 2.05) is 0 Å². The van der Waals surface area contributed by atoms with Crippen molar-refractivity contribution >= 4 is 29.4 Å². The molecule has 1 aromatic carbocycles. The highest BCUT2D eigenvalue weighted by Gasteiger charge is 2.11. The van der Waals surface area contributed by atoms with Gasteiger partial charge in [0.2, 0.25) is 0 Å². The Bertz CT molecular complexity index is 839. The summed E-state index contributed by atoms with van der Waals surface area (Å²) in [6, 6.07) is 8.98. The molecular weight excluding hydrogens is 281 g/mol. The summed E-state index contributed by atoms with van der Waals surface area (Å²) in [5.41, 5.74) is 3.14. The van der Waals surface area contributed by atoms with Gasteiger partial charge in [0.15, 0.2) is 5.82 Å². The maximum atomic E-state index is 9.06.